The smallest absolute Gasteiger partial charge is 0.134 e. The lowest BCUT2D eigenvalue weighted by molar-refractivity contribution is 0.548. The fourth-order valence-electron chi connectivity index (χ4n) is 7.98. The number of para-hydroxylation sites is 1. The van der Waals surface area contributed by atoms with E-state index in [1.807, 2.05) is 6.07 Å². The molecular formula is C48H32O. The third-order valence-corrected chi connectivity index (χ3v) is 10.4. The molecule has 0 atom stereocenters. The highest BCUT2D eigenvalue weighted by Crippen LogP contribution is 2.44. The third kappa shape index (κ3) is 4.62. The summed E-state index contributed by atoms with van der Waals surface area (Å²) in [6.07, 6.45) is 4.24. The van der Waals surface area contributed by atoms with Crippen LogP contribution in [0, 0.1) is 0 Å². The molecule has 0 amide bonds. The zero-order chi connectivity index (χ0) is 32.3. The molecule has 0 aliphatic heterocycles. The summed E-state index contributed by atoms with van der Waals surface area (Å²) in [7, 11) is 0. The SMILES string of the molecule is C1=C(c2ccc(-c3c4ccccc4c(-c4ccc(-c5ccc6ccccc6c5)cc4)c4ccccc34)cc2)CCc2oc3ccccc3c21. The van der Waals surface area contributed by atoms with Crippen LogP contribution in [-0.4, -0.2) is 0 Å². The Morgan fingerprint density at radius 2 is 0.857 bits per heavy atom. The van der Waals surface area contributed by atoms with E-state index < -0.39 is 0 Å². The van der Waals surface area contributed by atoms with Crippen LogP contribution in [0.4, 0.5) is 0 Å². The number of aryl methyl sites for hydroxylation is 1. The Morgan fingerprint density at radius 1 is 0.367 bits per heavy atom. The van der Waals surface area contributed by atoms with Crippen LogP contribution in [0.3, 0.4) is 0 Å². The maximum atomic E-state index is 6.17. The highest BCUT2D eigenvalue weighted by molar-refractivity contribution is 6.21. The fourth-order valence-corrected chi connectivity index (χ4v) is 7.98. The van der Waals surface area contributed by atoms with E-state index in [-0.39, 0.29) is 0 Å². The number of benzene rings is 8. The molecule has 1 nitrogen and oxygen atoms in total. The summed E-state index contributed by atoms with van der Waals surface area (Å²) in [5, 5.41) is 8.82. The second kappa shape index (κ2) is 11.2. The number of fused-ring (bicyclic) bond motifs is 6. The predicted molar refractivity (Wildman–Crippen MR) is 208 cm³/mol. The summed E-state index contributed by atoms with van der Waals surface area (Å²) in [4.78, 5) is 0. The van der Waals surface area contributed by atoms with Gasteiger partial charge in [-0.15, -0.1) is 0 Å². The third-order valence-electron chi connectivity index (χ3n) is 10.4. The molecule has 1 heteroatoms. The molecule has 230 valence electrons. The van der Waals surface area contributed by atoms with Gasteiger partial charge >= 0.3 is 0 Å². The molecule has 0 fully saturated rings. The van der Waals surface area contributed by atoms with Crippen molar-refractivity contribution < 1.29 is 4.42 Å². The Balaban J connectivity index is 1.07. The first-order valence-electron chi connectivity index (χ1n) is 17.1. The van der Waals surface area contributed by atoms with Gasteiger partial charge in [0.2, 0.25) is 0 Å². The highest BCUT2D eigenvalue weighted by Gasteiger charge is 2.20. The summed E-state index contributed by atoms with van der Waals surface area (Å²) in [5.41, 5.74) is 12.4. The number of allylic oxidation sites excluding steroid dienone is 1. The molecule has 0 saturated heterocycles. The second-order valence-electron chi connectivity index (χ2n) is 13.2. The molecular weight excluding hydrogens is 593 g/mol. The zero-order valence-electron chi connectivity index (χ0n) is 27.0. The molecule has 1 aromatic heterocycles. The fraction of sp³-hybridized carbons (Fsp3) is 0.0417. The van der Waals surface area contributed by atoms with Crippen molar-refractivity contribution in [1.82, 2.24) is 0 Å². The van der Waals surface area contributed by atoms with Gasteiger partial charge in [0.1, 0.15) is 11.3 Å². The zero-order valence-corrected chi connectivity index (χ0v) is 27.0. The molecule has 0 radical (unpaired) electrons. The van der Waals surface area contributed by atoms with Crippen molar-refractivity contribution in [1.29, 1.82) is 0 Å². The van der Waals surface area contributed by atoms with E-state index in [2.05, 4.69) is 164 Å². The van der Waals surface area contributed by atoms with Gasteiger partial charge in [0.05, 0.1) is 0 Å². The molecule has 0 N–H and O–H groups in total. The Hall–Kier alpha value is -6.18. The van der Waals surface area contributed by atoms with Crippen molar-refractivity contribution in [2.45, 2.75) is 12.8 Å². The van der Waals surface area contributed by atoms with Crippen molar-refractivity contribution in [3.05, 3.63) is 181 Å². The molecule has 9 aromatic rings. The molecule has 49 heavy (non-hydrogen) atoms. The van der Waals surface area contributed by atoms with E-state index >= 15 is 0 Å². The predicted octanol–water partition coefficient (Wildman–Crippen LogP) is 13.4. The number of hydrogen-bond acceptors (Lipinski definition) is 1. The van der Waals surface area contributed by atoms with Gasteiger partial charge in [0.25, 0.3) is 0 Å². The summed E-state index contributed by atoms with van der Waals surface area (Å²) in [6.45, 7) is 0. The van der Waals surface area contributed by atoms with E-state index in [1.165, 1.54) is 87.8 Å². The quantitative estimate of drug-likeness (QED) is 0.178. The van der Waals surface area contributed by atoms with Gasteiger partial charge in [0.15, 0.2) is 0 Å². The number of hydrogen-bond donors (Lipinski definition) is 0. The van der Waals surface area contributed by atoms with Crippen molar-refractivity contribution in [2.75, 3.05) is 0 Å². The van der Waals surface area contributed by atoms with Crippen LogP contribution in [0.5, 0.6) is 0 Å². The Bertz CT molecular complexity index is 2680. The van der Waals surface area contributed by atoms with Crippen LogP contribution >= 0.6 is 0 Å². The van der Waals surface area contributed by atoms with Crippen molar-refractivity contribution >= 4 is 54.9 Å². The Labute approximate surface area is 285 Å². The van der Waals surface area contributed by atoms with E-state index in [0.717, 1.165) is 24.2 Å². The summed E-state index contributed by atoms with van der Waals surface area (Å²) in [6, 6.07) is 59.8. The monoisotopic (exact) mass is 624 g/mol. The molecule has 0 unspecified atom stereocenters. The van der Waals surface area contributed by atoms with Crippen LogP contribution in [0.1, 0.15) is 23.3 Å². The van der Waals surface area contributed by atoms with Gasteiger partial charge in [-0.25, -0.2) is 0 Å². The lowest BCUT2D eigenvalue weighted by Gasteiger charge is -2.18. The van der Waals surface area contributed by atoms with E-state index in [0.29, 0.717) is 0 Å². The maximum Gasteiger partial charge on any atom is 0.134 e. The number of rotatable bonds is 4. The van der Waals surface area contributed by atoms with Gasteiger partial charge in [0, 0.05) is 17.4 Å². The largest absolute Gasteiger partial charge is 0.460 e. The lowest BCUT2D eigenvalue weighted by atomic mass is 9.85. The lowest BCUT2D eigenvalue weighted by Crippen LogP contribution is -1.96. The Kier molecular flexibility index (Phi) is 6.38. The van der Waals surface area contributed by atoms with Crippen molar-refractivity contribution in [3.63, 3.8) is 0 Å². The molecule has 1 aliphatic rings. The minimum absolute atomic E-state index is 0.928. The molecule has 8 aromatic carbocycles. The first-order valence-corrected chi connectivity index (χ1v) is 17.1. The molecule has 1 heterocycles. The first-order chi connectivity index (χ1) is 24.3. The summed E-state index contributed by atoms with van der Waals surface area (Å²) in [5.74, 6) is 1.10. The van der Waals surface area contributed by atoms with Gasteiger partial charge < -0.3 is 4.42 Å². The minimum atomic E-state index is 0.928. The van der Waals surface area contributed by atoms with Crippen molar-refractivity contribution in [3.8, 4) is 33.4 Å². The summed E-state index contributed by atoms with van der Waals surface area (Å²) >= 11 is 0. The van der Waals surface area contributed by atoms with Gasteiger partial charge in [-0.05, 0) is 101 Å². The van der Waals surface area contributed by atoms with Crippen LogP contribution in [0.15, 0.2) is 168 Å². The van der Waals surface area contributed by atoms with E-state index in [4.69, 9.17) is 4.42 Å². The minimum Gasteiger partial charge on any atom is -0.460 e. The van der Waals surface area contributed by atoms with E-state index in [1.54, 1.807) is 0 Å². The first kappa shape index (κ1) is 27.9. The molecule has 0 spiro atoms. The molecule has 10 rings (SSSR count). The topological polar surface area (TPSA) is 13.1 Å². The maximum absolute atomic E-state index is 6.17. The molecule has 0 bridgehead atoms. The average molecular weight is 625 g/mol. The second-order valence-corrected chi connectivity index (χ2v) is 13.2. The average Bonchev–Trinajstić information content (AvgIpc) is 3.55. The van der Waals surface area contributed by atoms with Crippen molar-refractivity contribution in [2.24, 2.45) is 0 Å². The highest BCUT2D eigenvalue weighted by atomic mass is 16.3. The van der Waals surface area contributed by atoms with Crippen LogP contribution in [-0.2, 0) is 6.42 Å². The summed E-state index contributed by atoms with van der Waals surface area (Å²) < 4.78 is 6.17. The number of furan rings is 1. The molecule has 1 aliphatic carbocycles. The molecule has 0 saturated carbocycles. The van der Waals surface area contributed by atoms with E-state index in [9.17, 15) is 0 Å². The van der Waals surface area contributed by atoms with Gasteiger partial charge in [-0.2, -0.15) is 0 Å². The normalized spacial score (nSPS) is 12.9. The van der Waals surface area contributed by atoms with Crippen LogP contribution in [0.2, 0.25) is 0 Å². The standard InChI is InChI=1S/C48H32O/c1-2-10-36-29-37(26-21-31(36)9-1)32-17-22-34(23-18-32)47-40-12-3-5-14-42(40)48(43-15-6-4-13-41(43)47)35-24-19-33(20-25-35)38-27-28-46-44(30-38)39-11-7-8-16-45(39)49-46/h1-26,29-30H,27-28H2. The van der Waals surface area contributed by atoms with Gasteiger partial charge in [-0.1, -0.05) is 152 Å². The Morgan fingerprint density at radius 3 is 1.49 bits per heavy atom. The van der Waals surface area contributed by atoms with Crippen LogP contribution in [0.25, 0.3) is 88.3 Å². The van der Waals surface area contributed by atoms with Crippen LogP contribution < -0.4 is 0 Å². The van der Waals surface area contributed by atoms with Gasteiger partial charge in [-0.3, -0.25) is 0 Å².